The highest BCUT2D eigenvalue weighted by atomic mass is 35.5. The first-order valence-electron chi connectivity index (χ1n) is 7.40. The summed E-state index contributed by atoms with van der Waals surface area (Å²) in [6, 6.07) is 9.47. The first-order valence-corrected chi connectivity index (χ1v) is 8.16. The van der Waals surface area contributed by atoms with E-state index in [1.165, 1.54) is 17.7 Å². The molecule has 0 aliphatic rings. The fourth-order valence-corrected chi connectivity index (χ4v) is 2.98. The van der Waals surface area contributed by atoms with Crippen molar-refractivity contribution < 1.29 is 19.4 Å². The number of aromatic nitrogens is 1. The molecule has 3 rings (SSSR count). The Morgan fingerprint density at radius 2 is 1.88 bits per heavy atom. The fraction of sp³-hybridized carbons (Fsp3) is 0.111. The molecule has 0 saturated heterocycles. The van der Waals surface area contributed by atoms with E-state index in [1.807, 2.05) is 0 Å². The number of nitrogens with zero attached hydrogens (tertiary/aromatic N) is 1. The predicted molar refractivity (Wildman–Crippen MR) is 98.7 cm³/mol. The molecule has 0 amide bonds. The van der Waals surface area contributed by atoms with Crippen molar-refractivity contribution in [3.05, 3.63) is 62.4 Å². The molecule has 1 N–H and O–H groups in total. The number of carbonyl (C=O) groups is 1. The van der Waals surface area contributed by atoms with Crippen molar-refractivity contribution in [2.24, 2.45) is 7.05 Å². The van der Waals surface area contributed by atoms with Crippen LogP contribution in [0.5, 0.6) is 17.2 Å². The average molecular weight is 394 g/mol. The van der Waals surface area contributed by atoms with Crippen LogP contribution in [-0.4, -0.2) is 22.8 Å². The maximum atomic E-state index is 12.4. The van der Waals surface area contributed by atoms with Crippen LogP contribution in [0, 0.1) is 0 Å². The summed E-state index contributed by atoms with van der Waals surface area (Å²) in [6.07, 6.45) is 0. The number of esters is 1. The molecule has 6 nitrogen and oxygen atoms in total. The van der Waals surface area contributed by atoms with Crippen LogP contribution in [0.15, 0.2) is 41.2 Å². The highest BCUT2D eigenvalue weighted by Crippen LogP contribution is 2.34. The minimum absolute atomic E-state index is 0.307. The molecule has 2 aromatic carbocycles. The van der Waals surface area contributed by atoms with Gasteiger partial charge in [0, 0.05) is 23.5 Å². The number of ether oxygens (including phenoxy) is 2. The van der Waals surface area contributed by atoms with Crippen molar-refractivity contribution >= 4 is 40.1 Å². The van der Waals surface area contributed by atoms with Crippen molar-refractivity contribution in [2.75, 3.05) is 7.11 Å². The summed E-state index contributed by atoms with van der Waals surface area (Å²) < 4.78 is 11.5. The van der Waals surface area contributed by atoms with Gasteiger partial charge in [-0.25, -0.2) is 4.79 Å². The summed E-state index contributed by atoms with van der Waals surface area (Å²) in [5, 5.41) is 11.4. The number of methoxy groups -OCH3 is 1. The third-order valence-corrected chi connectivity index (χ3v) is 4.38. The summed E-state index contributed by atoms with van der Waals surface area (Å²) in [5.74, 6) is -0.568. The molecule has 0 radical (unpaired) electrons. The Morgan fingerprint density at radius 1 is 1.15 bits per heavy atom. The van der Waals surface area contributed by atoms with Gasteiger partial charge in [-0.1, -0.05) is 23.2 Å². The van der Waals surface area contributed by atoms with Crippen LogP contribution in [0.3, 0.4) is 0 Å². The quantitative estimate of drug-likeness (QED) is 0.676. The molecular formula is C18H13Cl2NO5. The van der Waals surface area contributed by atoms with Crippen molar-refractivity contribution in [2.45, 2.75) is 0 Å². The lowest BCUT2D eigenvalue weighted by molar-refractivity contribution is 0.0595. The first kappa shape index (κ1) is 18.1. The smallest absolute Gasteiger partial charge is 0.347 e. The molecule has 1 heterocycles. The molecule has 0 bridgehead atoms. The van der Waals surface area contributed by atoms with Gasteiger partial charge in [-0.2, -0.15) is 0 Å². The van der Waals surface area contributed by atoms with Gasteiger partial charge in [0.2, 0.25) is 0 Å². The third kappa shape index (κ3) is 3.09. The van der Waals surface area contributed by atoms with Gasteiger partial charge in [-0.3, -0.25) is 4.79 Å². The Balaban J connectivity index is 2.13. The van der Waals surface area contributed by atoms with E-state index in [0.717, 1.165) is 7.11 Å². The standard InChI is InChI=1S/C18H13Cl2NO5/c1-21-13-8-10(26-14-6-3-9(19)7-12(14)20)4-5-11(13)16(22)15(17(21)23)18(24)25-2/h3-8,22H,1-2H3. The lowest BCUT2D eigenvalue weighted by Crippen LogP contribution is -2.25. The number of aromatic hydroxyl groups is 1. The third-order valence-electron chi connectivity index (χ3n) is 3.85. The van der Waals surface area contributed by atoms with Gasteiger partial charge >= 0.3 is 5.97 Å². The topological polar surface area (TPSA) is 77.8 Å². The van der Waals surface area contributed by atoms with Gasteiger partial charge in [-0.05, 0) is 30.3 Å². The summed E-state index contributed by atoms with van der Waals surface area (Å²) in [5.41, 5.74) is -0.719. The Labute approximate surface area is 158 Å². The average Bonchev–Trinajstić information content (AvgIpc) is 2.62. The number of hydrogen-bond donors (Lipinski definition) is 1. The van der Waals surface area contributed by atoms with Crippen LogP contribution < -0.4 is 10.3 Å². The van der Waals surface area contributed by atoms with E-state index in [9.17, 15) is 14.7 Å². The fourth-order valence-electron chi connectivity index (χ4n) is 2.54. The number of hydrogen-bond acceptors (Lipinski definition) is 5. The van der Waals surface area contributed by atoms with Crippen LogP contribution in [0.4, 0.5) is 0 Å². The van der Waals surface area contributed by atoms with Crippen LogP contribution in [0.2, 0.25) is 10.0 Å². The van der Waals surface area contributed by atoms with Crippen molar-refractivity contribution in [1.82, 2.24) is 4.57 Å². The minimum Gasteiger partial charge on any atom is -0.506 e. The Bertz CT molecular complexity index is 1090. The van der Waals surface area contributed by atoms with E-state index in [0.29, 0.717) is 32.4 Å². The van der Waals surface area contributed by atoms with Crippen LogP contribution >= 0.6 is 23.2 Å². The summed E-state index contributed by atoms with van der Waals surface area (Å²) in [4.78, 5) is 24.2. The van der Waals surface area contributed by atoms with Crippen LogP contribution in [0.1, 0.15) is 10.4 Å². The number of carbonyl (C=O) groups excluding carboxylic acids is 1. The Kier molecular flexibility index (Phi) is 4.80. The van der Waals surface area contributed by atoms with E-state index < -0.39 is 22.8 Å². The van der Waals surface area contributed by atoms with Gasteiger partial charge < -0.3 is 19.1 Å². The monoisotopic (exact) mass is 393 g/mol. The lowest BCUT2D eigenvalue weighted by Gasteiger charge is -2.13. The molecule has 0 aliphatic carbocycles. The predicted octanol–water partition coefficient (Wildman–Crippen LogP) is 4.13. The van der Waals surface area contributed by atoms with Gasteiger partial charge in [0.05, 0.1) is 17.6 Å². The zero-order chi connectivity index (χ0) is 19.0. The highest BCUT2D eigenvalue weighted by molar-refractivity contribution is 6.35. The molecule has 0 atom stereocenters. The molecule has 1 aromatic heterocycles. The molecule has 0 saturated carbocycles. The first-order chi connectivity index (χ1) is 12.3. The van der Waals surface area contributed by atoms with Gasteiger partial charge in [0.25, 0.3) is 5.56 Å². The second-order valence-corrected chi connectivity index (χ2v) is 6.28. The SMILES string of the molecule is COC(=O)c1c(O)c2ccc(Oc3ccc(Cl)cc3Cl)cc2n(C)c1=O. The van der Waals surface area contributed by atoms with Gasteiger partial charge in [0.15, 0.2) is 5.56 Å². The number of benzene rings is 2. The number of rotatable bonds is 3. The molecule has 3 aromatic rings. The molecule has 0 spiro atoms. The molecular weight excluding hydrogens is 381 g/mol. The van der Waals surface area contributed by atoms with Gasteiger partial charge in [-0.15, -0.1) is 0 Å². The van der Waals surface area contributed by atoms with Gasteiger partial charge in [0.1, 0.15) is 17.2 Å². The highest BCUT2D eigenvalue weighted by Gasteiger charge is 2.22. The number of halogens is 2. The lowest BCUT2D eigenvalue weighted by atomic mass is 10.1. The summed E-state index contributed by atoms with van der Waals surface area (Å²) in [6.45, 7) is 0. The normalized spacial score (nSPS) is 10.8. The zero-order valence-electron chi connectivity index (χ0n) is 13.7. The number of fused-ring (bicyclic) bond motifs is 1. The second-order valence-electron chi connectivity index (χ2n) is 5.44. The number of aryl methyl sites for hydroxylation is 1. The van der Waals surface area contributed by atoms with E-state index in [4.69, 9.17) is 27.9 Å². The maximum Gasteiger partial charge on any atom is 0.347 e. The Morgan fingerprint density at radius 3 is 2.54 bits per heavy atom. The number of pyridine rings is 1. The van der Waals surface area contributed by atoms with E-state index in [-0.39, 0.29) is 0 Å². The van der Waals surface area contributed by atoms with E-state index in [2.05, 4.69) is 4.74 Å². The largest absolute Gasteiger partial charge is 0.506 e. The van der Waals surface area contributed by atoms with E-state index in [1.54, 1.807) is 30.3 Å². The summed E-state index contributed by atoms with van der Waals surface area (Å²) in [7, 11) is 2.62. The van der Waals surface area contributed by atoms with E-state index >= 15 is 0 Å². The molecule has 8 heteroatoms. The van der Waals surface area contributed by atoms with Crippen molar-refractivity contribution in [3.63, 3.8) is 0 Å². The summed E-state index contributed by atoms with van der Waals surface area (Å²) >= 11 is 12.0. The minimum atomic E-state index is -0.904. The second kappa shape index (κ2) is 6.90. The molecule has 0 aliphatic heterocycles. The molecule has 0 fully saturated rings. The maximum absolute atomic E-state index is 12.4. The van der Waals surface area contributed by atoms with Crippen LogP contribution in [-0.2, 0) is 11.8 Å². The Hall–Kier alpha value is -2.70. The molecule has 0 unspecified atom stereocenters. The van der Waals surface area contributed by atoms with Crippen molar-refractivity contribution in [3.8, 4) is 17.2 Å². The van der Waals surface area contributed by atoms with Crippen LogP contribution in [0.25, 0.3) is 10.9 Å². The molecule has 134 valence electrons. The van der Waals surface area contributed by atoms with Crippen molar-refractivity contribution in [1.29, 1.82) is 0 Å². The molecule has 26 heavy (non-hydrogen) atoms. The zero-order valence-corrected chi connectivity index (χ0v) is 15.3.